The number of rotatable bonds is 2. The summed E-state index contributed by atoms with van der Waals surface area (Å²) >= 11 is 1.69. The molecule has 1 aliphatic heterocycles. The van der Waals surface area contributed by atoms with Crippen LogP contribution in [0.4, 0.5) is 5.69 Å². The Labute approximate surface area is 145 Å². The third-order valence-electron chi connectivity index (χ3n) is 3.34. The standard InChI is InChI=1S/C13H10N4.C5H7NS/c1-3-7-11(8-4-1)13-14-15-16-17(13)12-9-5-2-6-10-12;1-4-3-7-5(2)6-4/h1-10H;3H,1-2H3/p+1. The van der Waals surface area contributed by atoms with Crippen LogP contribution in [-0.2, 0) is 0 Å². The molecule has 24 heavy (non-hydrogen) atoms. The molecule has 3 aromatic rings. The first kappa shape index (κ1) is 16.2. The second kappa shape index (κ2) is 7.72. The van der Waals surface area contributed by atoms with Crippen LogP contribution in [0.15, 0.2) is 81.6 Å². The summed E-state index contributed by atoms with van der Waals surface area (Å²) in [6.45, 7) is 4.02. The van der Waals surface area contributed by atoms with Crippen LogP contribution < -0.4 is 5.01 Å². The van der Waals surface area contributed by atoms with E-state index in [1.165, 1.54) is 0 Å². The van der Waals surface area contributed by atoms with Crippen molar-refractivity contribution in [1.29, 1.82) is 0 Å². The van der Waals surface area contributed by atoms with Gasteiger partial charge < -0.3 is 0 Å². The lowest BCUT2D eigenvalue weighted by Gasteiger charge is -2.07. The molecule has 1 aliphatic rings. The van der Waals surface area contributed by atoms with E-state index in [-0.39, 0.29) is 0 Å². The van der Waals surface area contributed by atoms with Crippen molar-refractivity contribution in [1.82, 2.24) is 4.98 Å². The largest absolute Gasteiger partial charge is 0.287 e. The fourth-order valence-corrected chi connectivity index (χ4v) is 2.85. The van der Waals surface area contributed by atoms with E-state index in [9.17, 15) is 0 Å². The molecular weight excluding hydrogens is 318 g/mol. The number of nitrogens with zero attached hydrogens (tertiary/aromatic N) is 4. The molecule has 0 radical (unpaired) electrons. The number of hydrogen-bond donors (Lipinski definition) is 1. The summed E-state index contributed by atoms with van der Waals surface area (Å²) in [5, 5.41) is 16.0. The molecule has 0 aliphatic carbocycles. The van der Waals surface area contributed by atoms with Gasteiger partial charge in [0.25, 0.3) is 5.84 Å². The molecule has 0 bridgehead atoms. The van der Waals surface area contributed by atoms with E-state index in [0.29, 0.717) is 0 Å². The van der Waals surface area contributed by atoms with Crippen LogP contribution in [0.2, 0.25) is 0 Å². The number of benzene rings is 2. The van der Waals surface area contributed by atoms with Crippen molar-refractivity contribution in [3.8, 4) is 0 Å². The van der Waals surface area contributed by atoms with E-state index in [0.717, 1.165) is 32.8 Å². The Balaban J connectivity index is 0.000000203. The summed E-state index contributed by atoms with van der Waals surface area (Å²) in [7, 11) is 0. The van der Waals surface area contributed by atoms with Gasteiger partial charge >= 0.3 is 0 Å². The maximum Gasteiger partial charge on any atom is 0.287 e. The van der Waals surface area contributed by atoms with Gasteiger partial charge in [-0.3, -0.25) is 0 Å². The molecule has 0 saturated heterocycles. The number of quaternary nitrogens is 1. The maximum absolute atomic E-state index is 4.13. The van der Waals surface area contributed by atoms with Crippen molar-refractivity contribution in [2.45, 2.75) is 13.8 Å². The normalized spacial score (nSPS) is 15.6. The summed E-state index contributed by atoms with van der Waals surface area (Å²) < 4.78 is 0. The highest BCUT2D eigenvalue weighted by Crippen LogP contribution is 2.06. The van der Waals surface area contributed by atoms with Gasteiger partial charge in [0, 0.05) is 28.4 Å². The lowest BCUT2D eigenvalue weighted by Crippen LogP contribution is -3.04. The summed E-state index contributed by atoms with van der Waals surface area (Å²) in [6, 6.07) is 20.0. The van der Waals surface area contributed by atoms with Gasteiger partial charge in [-0.05, 0) is 26.0 Å². The van der Waals surface area contributed by atoms with Crippen LogP contribution >= 0.6 is 11.3 Å². The Bertz CT molecular complexity index is 824. The first-order valence-corrected chi connectivity index (χ1v) is 8.47. The van der Waals surface area contributed by atoms with E-state index in [1.807, 2.05) is 74.5 Å². The molecule has 1 unspecified atom stereocenters. The SMILES string of the molecule is Cc1csc(C)n1.c1ccc(C2=NN=N[NH+]2c2ccccc2)cc1. The number of thiazole rings is 1. The molecule has 0 saturated carbocycles. The lowest BCUT2D eigenvalue weighted by molar-refractivity contribution is -0.739. The zero-order valence-corrected chi connectivity index (χ0v) is 14.4. The van der Waals surface area contributed by atoms with E-state index in [2.05, 4.69) is 25.9 Å². The van der Waals surface area contributed by atoms with E-state index in [4.69, 9.17) is 0 Å². The van der Waals surface area contributed by atoms with E-state index < -0.39 is 0 Å². The van der Waals surface area contributed by atoms with E-state index >= 15 is 0 Å². The molecule has 1 atom stereocenters. The molecule has 1 aromatic heterocycles. The van der Waals surface area contributed by atoms with Crippen molar-refractivity contribution < 1.29 is 5.01 Å². The molecular formula is C18H18N5S+. The van der Waals surface area contributed by atoms with Crippen LogP contribution in [0.1, 0.15) is 16.3 Å². The Morgan fingerprint density at radius 1 is 0.875 bits per heavy atom. The molecule has 0 fully saturated rings. The predicted octanol–water partition coefficient (Wildman–Crippen LogP) is 3.71. The zero-order valence-electron chi connectivity index (χ0n) is 13.5. The van der Waals surface area contributed by atoms with Gasteiger partial charge in [0.2, 0.25) is 0 Å². The van der Waals surface area contributed by atoms with Crippen molar-refractivity contribution in [2.24, 2.45) is 15.5 Å². The number of amidine groups is 1. The monoisotopic (exact) mass is 336 g/mol. The molecule has 120 valence electrons. The average Bonchev–Trinajstić information content (AvgIpc) is 3.26. The first-order valence-electron chi connectivity index (χ1n) is 7.59. The highest BCUT2D eigenvalue weighted by molar-refractivity contribution is 7.09. The van der Waals surface area contributed by atoms with Crippen molar-refractivity contribution in [3.05, 3.63) is 82.3 Å². The molecule has 6 heteroatoms. The van der Waals surface area contributed by atoms with Crippen molar-refractivity contribution >= 4 is 22.9 Å². The van der Waals surface area contributed by atoms with Crippen molar-refractivity contribution in [2.75, 3.05) is 0 Å². The maximum atomic E-state index is 4.13. The topological polar surface area (TPSA) is 54.4 Å². The molecule has 1 N–H and O–H groups in total. The summed E-state index contributed by atoms with van der Waals surface area (Å²) in [5.74, 6) is 0.830. The minimum atomic E-state index is 0.830. The smallest absolute Gasteiger partial charge is 0.247 e. The highest BCUT2D eigenvalue weighted by Gasteiger charge is 2.26. The van der Waals surface area contributed by atoms with Crippen LogP contribution in [0.25, 0.3) is 0 Å². The number of hydrogen-bond acceptors (Lipinski definition) is 5. The van der Waals surface area contributed by atoms with Gasteiger partial charge in [-0.2, -0.15) is 0 Å². The Hall–Kier alpha value is -2.70. The third kappa shape index (κ3) is 3.98. The fraction of sp³-hybridized carbons (Fsp3) is 0.111. The Morgan fingerprint density at radius 3 is 2.08 bits per heavy atom. The highest BCUT2D eigenvalue weighted by atomic mass is 32.1. The van der Waals surface area contributed by atoms with Gasteiger partial charge in [0.05, 0.1) is 15.8 Å². The molecule has 5 nitrogen and oxygen atoms in total. The number of nitrogens with one attached hydrogen (secondary N) is 1. The number of aromatic nitrogens is 1. The molecule has 2 aromatic carbocycles. The minimum absolute atomic E-state index is 0.830. The minimum Gasteiger partial charge on any atom is -0.247 e. The average molecular weight is 336 g/mol. The summed E-state index contributed by atoms with van der Waals surface area (Å²) in [5.41, 5.74) is 3.20. The van der Waals surface area contributed by atoms with Gasteiger partial charge in [-0.1, -0.05) is 41.5 Å². The van der Waals surface area contributed by atoms with E-state index in [1.54, 1.807) is 11.3 Å². The van der Waals surface area contributed by atoms with Crippen LogP contribution in [0, 0.1) is 13.8 Å². The van der Waals surface area contributed by atoms with Crippen LogP contribution in [0.3, 0.4) is 0 Å². The third-order valence-corrected chi connectivity index (χ3v) is 4.23. The van der Waals surface area contributed by atoms with Gasteiger partial charge in [0.1, 0.15) is 0 Å². The zero-order chi connectivity index (χ0) is 16.8. The summed E-state index contributed by atoms with van der Waals surface area (Å²) in [4.78, 5) is 4.13. The van der Waals surface area contributed by atoms with Gasteiger partial charge in [0.15, 0.2) is 5.69 Å². The molecule has 0 amide bonds. The van der Waals surface area contributed by atoms with Crippen LogP contribution in [0.5, 0.6) is 0 Å². The second-order valence-corrected chi connectivity index (χ2v) is 6.29. The second-order valence-electron chi connectivity index (χ2n) is 5.23. The predicted molar refractivity (Wildman–Crippen MR) is 96.5 cm³/mol. The summed E-state index contributed by atoms with van der Waals surface area (Å²) in [6.07, 6.45) is 0. The Kier molecular flexibility index (Phi) is 5.20. The molecule has 0 spiro atoms. The molecule has 4 rings (SSSR count). The van der Waals surface area contributed by atoms with Gasteiger partial charge in [-0.15, -0.1) is 16.3 Å². The Morgan fingerprint density at radius 2 is 1.54 bits per heavy atom. The lowest BCUT2D eigenvalue weighted by atomic mass is 10.2. The fourth-order valence-electron chi connectivity index (χ4n) is 2.26. The number of aryl methyl sites for hydroxylation is 2. The van der Waals surface area contributed by atoms with Crippen LogP contribution in [-0.4, -0.2) is 10.8 Å². The molecule has 2 heterocycles. The van der Waals surface area contributed by atoms with Gasteiger partial charge in [-0.25, -0.2) is 4.98 Å². The number of para-hydroxylation sites is 1. The quantitative estimate of drug-likeness (QED) is 0.762. The van der Waals surface area contributed by atoms with Crippen molar-refractivity contribution in [3.63, 3.8) is 0 Å². The first-order chi connectivity index (χ1) is 11.7.